The van der Waals surface area contributed by atoms with Crippen molar-refractivity contribution in [1.82, 2.24) is 0 Å². The third kappa shape index (κ3) is 18.4. The summed E-state index contributed by atoms with van der Waals surface area (Å²) in [6.07, 6.45) is 14.0. The van der Waals surface area contributed by atoms with Crippen LogP contribution in [0.25, 0.3) is 0 Å². The second-order valence-electron chi connectivity index (χ2n) is 3.82. The first-order valence-electron chi connectivity index (χ1n) is 6.00. The van der Waals surface area contributed by atoms with Crippen LogP contribution in [0.15, 0.2) is 0 Å². The van der Waals surface area contributed by atoms with Crippen LogP contribution < -0.4 is 5.73 Å². The van der Waals surface area contributed by atoms with Crippen LogP contribution in [0.5, 0.6) is 0 Å². The number of unbranched alkanes of at least 4 members (excludes halogenated alkanes) is 9. The third-order valence-electron chi connectivity index (χ3n) is 2.33. The predicted octanol–water partition coefficient (Wildman–Crippen LogP) is 2.92. The van der Waals surface area contributed by atoms with Crippen LogP contribution in [0, 0.1) is 25.8 Å². The van der Waals surface area contributed by atoms with Crippen molar-refractivity contribution in [2.24, 2.45) is 5.73 Å². The molecule has 1 radical (unpaired) electrons. The van der Waals surface area contributed by atoms with Crippen molar-refractivity contribution in [3.05, 3.63) is 25.8 Å². The van der Waals surface area contributed by atoms with E-state index in [0.717, 1.165) is 25.7 Å². The molecule has 0 saturated carbocycles. The fourth-order valence-electron chi connectivity index (χ4n) is 1.45. The zero-order valence-electron chi connectivity index (χ0n) is 10.2. The quantitative estimate of drug-likeness (QED) is 0.330. The number of carboxylic acids is 1. The van der Waals surface area contributed by atoms with Gasteiger partial charge >= 0.3 is 0 Å². The summed E-state index contributed by atoms with van der Waals surface area (Å²) >= 11 is 0. The van der Waals surface area contributed by atoms with Crippen molar-refractivity contribution in [2.45, 2.75) is 51.4 Å². The van der Waals surface area contributed by atoms with Crippen molar-refractivity contribution in [3.8, 4) is 0 Å². The first-order valence-corrected chi connectivity index (χ1v) is 6.00. The van der Waals surface area contributed by atoms with Gasteiger partial charge in [0.05, 0.1) is 0 Å². The largest absolute Gasteiger partial charge is 0.503 e. The molecule has 0 amide bonds. The first kappa shape index (κ1) is 19.2. The van der Waals surface area contributed by atoms with Crippen molar-refractivity contribution in [1.29, 1.82) is 0 Å². The van der Waals surface area contributed by atoms with Gasteiger partial charge in [0, 0.05) is 17.1 Å². The van der Waals surface area contributed by atoms with Crippen molar-refractivity contribution < 1.29 is 27.0 Å². The average molecular weight is 289 g/mol. The molecule has 17 heavy (non-hydrogen) atoms. The molecule has 0 fully saturated rings. The minimum Gasteiger partial charge on any atom is -0.503 e. The molecular formula is C13H23CuNO2-4. The Hall–Kier alpha value is -0.181. The average Bonchev–Trinajstić information content (AvgIpc) is 2.25. The van der Waals surface area contributed by atoms with Crippen LogP contribution in [0.3, 0.4) is 0 Å². The molecule has 0 aliphatic carbocycles. The summed E-state index contributed by atoms with van der Waals surface area (Å²) in [4.78, 5) is 10.2. The molecule has 0 bridgehead atoms. The SMILES string of the molecule is N[CH-]C[CH-]CCCCCC[CH-]C[CH-]C(=O)O.[Cu]. The van der Waals surface area contributed by atoms with Crippen LogP contribution >= 0.6 is 0 Å². The number of rotatable bonds is 12. The Morgan fingerprint density at radius 3 is 2.00 bits per heavy atom. The minimum absolute atomic E-state index is 0. The van der Waals surface area contributed by atoms with Gasteiger partial charge in [-0.3, -0.25) is 17.6 Å². The minimum atomic E-state index is -0.830. The molecule has 0 heterocycles. The van der Waals surface area contributed by atoms with E-state index in [-0.39, 0.29) is 17.1 Å². The summed E-state index contributed by atoms with van der Waals surface area (Å²) in [6.45, 7) is 1.67. The van der Waals surface area contributed by atoms with E-state index in [1.54, 1.807) is 6.54 Å². The van der Waals surface area contributed by atoms with Crippen LogP contribution in [0.2, 0.25) is 0 Å². The molecule has 0 spiro atoms. The Bertz CT molecular complexity index is 165. The van der Waals surface area contributed by atoms with Crippen LogP contribution in [0.4, 0.5) is 0 Å². The van der Waals surface area contributed by atoms with Gasteiger partial charge in [0.15, 0.2) is 5.97 Å². The van der Waals surface area contributed by atoms with E-state index >= 15 is 0 Å². The van der Waals surface area contributed by atoms with Crippen molar-refractivity contribution in [3.63, 3.8) is 0 Å². The Morgan fingerprint density at radius 2 is 1.53 bits per heavy atom. The number of carbonyl (C=O) groups is 1. The van der Waals surface area contributed by atoms with Gasteiger partial charge < -0.3 is 36.6 Å². The van der Waals surface area contributed by atoms with Gasteiger partial charge in [-0.25, -0.2) is 0 Å². The molecular weight excluding hydrogens is 266 g/mol. The number of aliphatic carboxylic acids is 1. The van der Waals surface area contributed by atoms with Gasteiger partial charge in [-0.1, -0.05) is 25.7 Å². The summed E-state index contributed by atoms with van der Waals surface area (Å²) in [6, 6.07) is 0. The number of nitrogens with two attached hydrogens (primary N) is 1. The van der Waals surface area contributed by atoms with E-state index in [9.17, 15) is 4.79 Å². The van der Waals surface area contributed by atoms with Crippen LogP contribution in [-0.4, -0.2) is 11.1 Å². The second kappa shape index (κ2) is 15.8. The molecule has 0 aliphatic rings. The molecule has 0 unspecified atom stereocenters. The van der Waals surface area contributed by atoms with Crippen LogP contribution in [0.1, 0.15) is 51.4 Å². The zero-order valence-corrected chi connectivity index (χ0v) is 11.1. The van der Waals surface area contributed by atoms with E-state index < -0.39 is 5.97 Å². The van der Waals surface area contributed by atoms with Crippen molar-refractivity contribution >= 4 is 5.97 Å². The molecule has 0 aromatic rings. The normalized spacial score (nSPS) is 9.71. The Morgan fingerprint density at radius 1 is 1.00 bits per heavy atom. The van der Waals surface area contributed by atoms with E-state index in [4.69, 9.17) is 10.8 Å². The number of hydrogen-bond donors (Lipinski definition) is 2. The fourth-order valence-corrected chi connectivity index (χ4v) is 1.45. The molecule has 3 N–H and O–H groups in total. The predicted molar refractivity (Wildman–Crippen MR) is 66.0 cm³/mol. The monoisotopic (exact) mass is 288 g/mol. The number of hydrogen-bond acceptors (Lipinski definition) is 2. The summed E-state index contributed by atoms with van der Waals surface area (Å²) in [5.74, 6) is -0.830. The summed E-state index contributed by atoms with van der Waals surface area (Å²) in [5.41, 5.74) is 5.25. The summed E-state index contributed by atoms with van der Waals surface area (Å²) in [7, 11) is 0. The van der Waals surface area contributed by atoms with E-state index in [1.165, 1.54) is 25.7 Å². The van der Waals surface area contributed by atoms with E-state index in [1.807, 2.05) is 6.42 Å². The Labute approximate surface area is 116 Å². The zero-order chi connectivity index (χ0) is 12.1. The van der Waals surface area contributed by atoms with Gasteiger partial charge in [0.1, 0.15) is 0 Å². The molecule has 107 valence electrons. The maximum Gasteiger partial charge on any atom is 0.161 e. The molecule has 4 heteroatoms. The van der Waals surface area contributed by atoms with Crippen LogP contribution in [-0.2, 0) is 21.9 Å². The maximum absolute atomic E-state index is 10.2. The van der Waals surface area contributed by atoms with E-state index in [2.05, 4.69) is 6.42 Å². The summed E-state index contributed by atoms with van der Waals surface area (Å²) in [5, 5.41) is 8.37. The fraction of sp³-hybridized carbons (Fsp3) is 0.615. The first-order chi connectivity index (χ1) is 7.77. The Balaban J connectivity index is 0. The van der Waals surface area contributed by atoms with Gasteiger partial charge in [-0.15, -0.1) is 0 Å². The topological polar surface area (TPSA) is 63.3 Å². The van der Waals surface area contributed by atoms with Crippen molar-refractivity contribution in [2.75, 3.05) is 0 Å². The molecule has 0 aromatic carbocycles. The Kier molecular flexibility index (Phi) is 17.8. The molecule has 0 aromatic heterocycles. The van der Waals surface area contributed by atoms with Gasteiger partial charge in [0.25, 0.3) is 0 Å². The third-order valence-corrected chi connectivity index (χ3v) is 2.33. The molecule has 0 aliphatic heterocycles. The van der Waals surface area contributed by atoms with Gasteiger partial charge in [-0.05, 0) is 0 Å². The molecule has 0 rings (SSSR count). The second-order valence-corrected chi connectivity index (χ2v) is 3.82. The molecule has 3 nitrogen and oxygen atoms in total. The maximum atomic E-state index is 10.2. The smallest absolute Gasteiger partial charge is 0.161 e. The summed E-state index contributed by atoms with van der Waals surface area (Å²) < 4.78 is 0. The molecule has 0 saturated heterocycles. The standard InChI is InChI=1S/C13H23NO2.Cu/c14-12-10-8-6-4-2-1-3-5-7-9-11-13(15)16;/h7-8,11-12H,1-6,9-10,14H2,(H,15,16);/q-4;. The van der Waals surface area contributed by atoms with E-state index in [0.29, 0.717) is 6.42 Å². The molecule has 0 atom stereocenters. The van der Waals surface area contributed by atoms with Gasteiger partial charge in [-0.2, -0.15) is 12.8 Å². The van der Waals surface area contributed by atoms with Gasteiger partial charge in [0.2, 0.25) is 0 Å². The number of carboxylic acid groups (broad SMARTS) is 1.